The van der Waals surface area contributed by atoms with Crippen molar-refractivity contribution in [1.29, 1.82) is 0 Å². The molecule has 4 aromatic rings. The van der Waals surface area contributed by atoms with Crippen molar-refractivity contribution in [3.05, 3.63) is 144 Å². The fraction of sp³-hybridized carbons (Fsp3) is 0. The monoisotopic (exact) mass is 438 g/mol. The van der Waals surface area contributed by atoms with Gasteiger partial charge in [0.1, 0.15) is 0 Å². The molecule has 0 saturated heterocycles. The van der Waals surface area contributed by atoms with Crippen LogP contribution in [-0.2, 0) is 0 Å². The SMILES string of the molecule is C(#[C][Al-]([C]#Cc1ccccc1)([C]#Cc1ccccc1)[C]#Cc1ccccc1)c1ccccc1.[Li+]. The number of benzene rings is 4. The van der Waals surface area contributed by atoms with Crippen LogP contribution in [-0.4, -0.2) is 13.1 Å². The van der Waals surface area contributed by atoms with Crippen molar-refractivity contribution in [2.24, 2.45) is 0 Å². The van der Waals surface area contributed by atoms with E-state index in [1.807, 2.05) is 121 Å². The maximum absolute atomic E-state index is 3.46. The van der Waals surface area contributed by atoms with Gasteiger partial charge in [0, 0.05) is 22.3 Å². The van der Waals surface area contributed by atoms with Crippen molar-refractivity contribution in [2.75, 3.05) is 0 Å². The molecule has 0 heterocycles. The first kappa shape index (κ1) is 24.9. The van der Waals surface area contributed by atoms with E-state index in [2.05, 4.69) is 42.8 Å². The summed E-state index contributed by atoms with van der Waals surface area (Å²) in [4.78, 5) is 13.8. The van der Waals surface area contributed by atoms with Crippen LogP contribution < -0.4 is 18.9 Å². The van der Waals surface area contributed by atoms with E-state index < -0.39 is 13.1 Å². The minimum absolute atomic E-state index is 0. The van der Waals surface area contributed by atoms with Crippen molar-refractivity contribution >= 4 is 13.1 Å². The first-order chi connectivity index (χ1) is 16.3. The Balaban J connectivity index is 0.00000324. The quantitative estimate of drug-likeness (QED) is 0.293. The van der Waals surface area contributed by atoms with E-state index in [-0.39, 0.29) is 18.9 Å². The van der Waals surface area contributed by atoms with Gasteiger partial charge in [0.25, 0.3) is 0 Å². The molecule has 0 bridgehead atoms. The fourth-order valence-corrected chi connectivity index (χ4v) is 5.03. The number of rotatable bonds is 0. The van der Waals surface area contributed by atoms with Gasteiger partial charge in [-0.3, -0.25) is 0 Å². The van der Waals surface area contributed by atoms with Gasteiger partial charge in [-0.15, -0.1) is 23.7 Å². The average Bonchev–Trinajstić information content (AvgIpc) is 2.90. The zero-order valence-corrected chi connectivity index (χ0v) is 20.3. The molecule has 0 aromatic heterocycles. The maximum atomic E-state index is 3.46. The third-order valence-electron chi connectivity index (χ3n) is 4.83. The number of hydrogen-bond acceptors (Lipinski definition) is 0. The summed E-state index contributed by atoms with van der Waals surface area (Å²) in [5, 5.41) is 0. The van der Waals surface area contributed by atoms with Crippen molar-refractivity contribution in [3.63, 3.8) is 0 Å². The van der Waals surface area contributed by atoms with Crippen LogP contribution in [0, 0.1) is 42.8 Å². The Bertz CT molecular complexity index is 1210. The molecule has 0 amide bonds. The fourth-order valence-electron chi connectivity index (χ4n) is 3.07. The third kappa shape index (κ3) is 7.68. The topological polar surface area (TPSA) is 0 Å². The predicted octanol–water partition coefficient (Wildman–Crippen LogP) is 2.80. The smallest absolute Gasteiger partial charge is 0.306 e. The van der Waals surface area contributed by atoms with Crippen molar-refractivity contribution < 1.29 is 18.9 Å². The Labute approximate surface area is 217 Å². The summed E-state index contributed by atoms with van der Waals surface area (Å²) in [6.07, 6.45) is 0. The van der Waals surface area contributed by atoms with Gasteiger partial charge >= 0.3 is 31.9 Å². The third-order valence-corrected chi connectivity index (χ3v) is 7.14. The predicted molar refractivity (Wildman–Crippen MR) is 139 cm³/mol. The van der Waals surface area contributed by atoms with Crippen LogP contribution in [0.2, 0.25) is 0 Å². The molecule has 0 saturated carbocycles. The molecular weight excluding hydrogens is 418 g/mol. The molecule has 4 aromatic carbocycles. The molecule has 2 heteroatoms. The van der Waals surface area contributed by atoms with E-state index in [0.717, 1.165) is 22.3 Å². The Kier molecular flexibility index (Phi) is 9.57. The number of hydrogen-bond donors (Lipinski definition) is 0. The molecule has 0 unspecified atom stereocenters. The molecule has 0 aliphatic carbocycles. The second-order valence-electron chi connectivity index (χ2n) is 7.41. The molecule has 0 aliphatic heterocycles. The molecule has 0 N–H and O–H groups in total. The molecule has 0 spiro atoms. The van der Waals surface area contributed by atoms with Crippen LogP contribution in [0.1, 0.15) is 22.3 Å². The second-order valence-corrected chi connectivity index (χ2v) is 10.3. The minimum atomic E-state index is -3.34. The van der Waals surface area contributed by atoms with Crippen molar-refractivity contribution in [3.8, 4) is 42.8 Å². The minimum Gasteiger partial charge on any atom is -0.306 e. The van der Waals surface area contributed by atoms with E-state index >= 15 is 0 Å². The molecule has 0 radical (unpaired) electrons. The van der Waals surface area contributed by atoms with Crippen molar-refractivity contribution in [1.82, 2.24) is 0 Å². The summed E-state index contributed by atoms with van der Waals surface area (Å²) in [6.45, 7) is 0. The normalized spacial score (nSPS) is 9.18. The Morgan fingerprint density at radius 1 is 0.324 bits per heavy atom. The Morgan fingerprint density at radius 3 is 0.735 bits per heavy atom. The zero-order chi connectivity index (χ0) is 22.6. The second kappa shape index (κ2) is 13.1. The molecule has 0 aliphatic rings. The van der Waals surface area contributed by atoms with E-state index in [0.29, 0.717) is 0 Å². The van der Waals surface area contributed by atoms with E-state index in [9.17, 15) is 0 Å². The Morgan fingerprint density at radius 2 is 0.529 bits per heavy atom. The van der Waals surface area contributed by atoms with Gasteiger partial charge in [0.2, 0.25) is 0 Å². The summed E-state index contributed by atoms with van der Waals surface area (Å²) < 4.78 is 0. The van der Waals surface area contributed by atoms with Gasteiger partial charge < -0.3 is 19.1 Å². The molecule has 34 heavy (non-hydrogen) atoms. The van der Waals surface area contributed by atoms with E-state index in [4.69, 9.17) is 0 Å². The molecule has 0 atom stereocenters. The van der Waals surface area contributed by atoms with Gasteiger partial charge in [-0.25, -0.2) is 0 Å². The molecule has 4 rings (SSSR count). The van der Waals surface area contributed by atoms with Gasteiger partial charge in [-0.2, -0.15) is 0 Å². The summed E-state index contributed by atoms with van der Waals surface area (Å²) in [5.41, 5.74) is 3.75. The summed E-state index contributed by atoms with van der Waals surface area (Å²) >= 11 is -3.34. The summed E-state index contributed by atoms with van der Waals surface area (Å²) in [6, 6.07) is 39.8. The van der Waals surface area contributed by atoms with Crippen LogP contribution in [0.3, 0.4) is 0 Å². The van der Waals surface area contributed by atoms with Gasteiger partial charge in [-0.05, 0) is 48.5 Å². The molecule has 152 valence electrons. The van der Waals surface area contributed by atoms with Crippen LogP contribution in [0.15, 0.2) is 121 Å². The van der Waals surface area contributed by atoms with Crippen LogP contribution >= 0.6 is 0 Å². The first-order valence-corrected chi connectivity index (χ1v) is 13.1. The summed E-state index contributed by atoms with van der Waals surface area (Å²) in [5.74, 6) is 13.2. The standard InChI is InChI=1S/4C8H5.Al.Li/c4*1-2-8-6-4-3-5-7-8;;/h4*3-7H;;/q;;;;-1;+1. The van der Waals surface area contributed by atoms with Gasteiger partial charge in [0.15, 0.2) is 0 Å². The van der Waals surface area contributed by atoms with Crippen molar-refractivity contribution in [2.45, 2.75) is 0 Å². The molecular formula is C32H20AlLi. The average molecular weight is 438 g/mol. The Hall–Kier alpha value is -3.75. The maximum Gasteiger partial charge on any atom is 1.00 e. The van der Waals surface area contributed by atoms with E-state index in [1.165, 1.54) is 0 Å². The van der Waals surface area contributed by atoms with Crippen LogP contribution in [0.25, 0.3) is 0 Å². The largest absolute Gasteiger partial charge is 1.00 e. The molecule has 0 fully saturated rings. The zero-order valence-electron chi connectivity index (χ0n) is 19.1. The van der Waals surface area contributed by atoms with Gasteiger partial charge in [0.05, 0.1) is 0 Å². The molecule has 0 nitrogen and oxygen atoms in total. The van der Waals surface area contributed by atoms with Crippen LogP contribution in [0.5, 0.6) is 0 Å². The summed E-state index contributed by atoms with van der Waals surface area (Å²) in [7, 11) is 0. The first-order valence-electron chi connectivity index (χ1n) is 10.8. The van der Waals surface area contributed by atoms with Gasteiger partial charge in [-0.1, -0.05) is 72.8 Å². The van der Waals surface area contributed by atoms with E-state index in [1.54, 1.807) is 0 Å². The van der Waals surface area contributed by atoms with Crippen LogP contribution in [0.4, 0.5) is 0 Å².